The molecule has 0 fully saturated rings. The molecule has 0 saturated heterocycles. The molecule has 0 aliphatic carbocycles. The molecule has 1 atom stereocenters. The maximum atomic E-state index is 13.0. The minimum atomic E-state index is -0.232. The van der Waals surface area contributed by atoms with E-state index in [1.165, 1.54) is 12.1 Å². The topological polar surface area (TPSA) is 76.4 Å². The van der Waals surface area contributed by atoms with Crippen molar-refractivity contribution in [3.05, 3.63) is 47.3 Å². The Kier molecular flexibility index (Phi) is 7.76. The number of aromatic nitrogens is 3. The van der Waals surface area contributed by atoms with E-state index in [1.54, 1.807) is 26.3 Å². The van der Waals surface area contributed by atoms with Crippen LogP contribution in [0, 0.1) is 5.82 Å². The van der Waals surface area contributed by atoms with Gasteiger partial charge in [-0.1, -0.05) is 12.1 Å². The fourth-order valence-corrected chi connectivity index (χ4v) is 2.84. The number of aliphatic imine (C=N–C) groups is 1. The van der Waals surface area contributed by atoms with Crippen LogP contribution in [0.5, 0.6) is 0 Å². The maximum Gasteiger partial charge on any atom is 0.191 e. The van der Waals surface area contributed by atoms with E-state index >= 15 is 0 Å². The van der Waals surface area contributed by atoms with Crippen LogP contribution in [0.2, 0.25) is 0 Å². The smallest absolute Gasteiger partial charge is 0.191 e. The van der Waals surface area contributed by atoms with Gasteiger partial charge in [-0.3, -0.25) is 4.99 Å². The summed E-state index contributed by atoms with van der Waals surface area (Å²) < 4.78 is 20.0. The predicted molar refractivity (Wildman–Crippen MR) is 108 cm³/mol. The first-order valence-corrected chi connectivity index (χ1v) is 8.31. The van der Waals surface area contributed by atoms with E-state index in [-0.39, 0.29) is 35.8 Å². The van der Waals surface area contributed by atoms with Gasteiger partial charge in [0.2, 0.25) is 0 Å². The Morgan fingerprint density at radius 1 is 1.38 bits per heavy atom. The van der Waals surface area contributed by atoms with Crippen molar-refractivity contribution in [2.24, 2.45) is 4.99 Å². The van der Waals surface area contributed by atoms with Crippen LogP contribution < -0.4 is 10.6 Å². The summed E-state index contributed by atoms with van der Waals surface area (Å²) in [6.07, 6.45) is 1.83. The molecule has 0 bridgehead atoms. The Hall–Kier alpha value is -1.75. The van der Waals surface area contributed by atoms with Gasteiger partial charge in [0.05, 0.1) is 6.54 Å². The molecule has 0 spiro atoms. The highest BCUT2D eigenvalue weighted by atomic mass is 127. The zero-order chi connectivity index (χ0) is 17.6. The molecule has 1 aliphatic rings. The number of methoxy groups -OCH3 is 1. The van der Waals surface area contributed by atoms with Gasteiger partial charge in [0.1, 0.15) is 18.2 Å². The van der Waals surface area contributed by atoms with Crippen molar-refractivity contribution in [2.45, 2.75) is 38.6 Å². The van der Waals surface area contributed by atoms with Crippen molar-refractivity contribution >= 4 is 29.9 Å². The van der Waals surface area contributed by atoms with Crippen LogP contribution in [0.3, 0.4) is 0 Å². The molecule has 2 aromatic rings. The number of hydrogen-bond acceptors (Lipinski definition) is 4. The number of hydrogen-bond donors (Lipinski definition) is 2. The average Bonchev–Trinajstić information content (AvgIpc) is 3.02. The highest BCUT2D eigenvalue weighted by Crippen LogP contribution is 2.13. The van der Waals surface area contributed by atoms with Crippen LogP contribution in [0.15, 0.2) is 29.3 Å². The van der Waals surface area contributed by atoms with E-state index in [2.05, 4.69) is 25.7 Å². The number of fused-ring (bicyclic) bond motifs is 1. The predicted octanol–water partition coefficient (Wildman–Crippen LogP) is 1.86. The molecule has 0 radical (unpaired) electrons. The second-order valence-corrected chi connectivity index (χ2v) is 5.99. The Bertz CT molecular complexity index is 733. The Morgan fingerprint density at radius 2 is 2.15 bits per heavy atom. The van der Waals surface area contributed by atoms with Gasteiger partial charge < -0.3 is 15.4 Å². The summed E-state index contributed by atoms with van der Waals surface area (Å²) in [7, 11) is 3.38. The summed E-state index contributed by atoms with van der Waals surface area (Å²) in [6, 6.07) is 6.66. The molecule has 2 N–H and O–H groups in total. The van der Waals surface area contributed by atoms with Gasteiger partial charge in [0.15, 0.2) is 11.8 Å². The number of ether oxygens (including phenoxy) is 1. The zero-order valence-corrected chi connectivity index (χ0v) is 17.2. The van der Waals surface area contributed by atoms with E-state index in [0.29, 0.717) is 13.2 Å². The normalized spacial score (nSPS) is 16.6. The fraction of sp³-hybridized carbons (Fsp3) is 0.471. The van der Waals surface area contributed by atoms with E-state index < -0.39 is 0 Å². The molecule has 2 heterocycles. The largest absolute Gasteiger partial charge is 0.377 e. The second-order valence-electron chi connectivity index (χ2n) is 5.99. The van der Waals surface area contributed by atoms with E-state index in [0.717, 1.165) is 42.6 Å². The molecule has 0 amide bonds. The number of guanidine groups is 1. The molecule has 26 heavy (non-hydrogen) atoms. The first kappa shape index (κ1) is 20.6. The van der Waals surface area contributed by atoms with Crippen LogP contribution in [0.4, 0.5) is 4.39 Å². The molecular formula is C17H24FIN6O. The number of aryl methyl sites for hydroxylation is 1. The van der Waals surface area contributed by atoms with Gasteiger partial charge in [-0.2, -0.15) is 5.10 Å². The van der Waals surface area contributed by atoms with Gasteiger partial charge >= 0.3 is 0 Å². The number of halogens is 2. The van der Waals surface area contributed by atoms with Crippen molar-refractivity contribution < 1.29 is 9.13 Å². The molecule has 9 heteroatoms. The molecule has 0 saturated carbocycles. The van der Waals surface area contributed by atoms with Crippen molar-refractivity contribution in [1.82, 2.24) is 25.4 Å². The van der Waals surface area contributed by atoms with Crippen molar-refractivity contribution in [2.75, 3.05) is 14.2 Å². The molecular weight excluding hydrogens is 450 g/mol. The molecule has 7 nitrogen and oxygen atoms in total. The standard InChI is InChI=1S/C17H23FN6O.HI/c1-19-17(20-9-12-3-5-13(18)6-4-12)21-14-7-8-16-22-15(11-25-2)23-24(16)10-14;/h3-6,14H,7-11H2,1-2H3,(H2,19,20,21);1H. The third-order valence-corrected chi connectivity index (χ3v) is 4.11. The SMILES string of the molecule is CN=C(NCc1ccc(F)cc1)NC1CCc2nc(COC)nn2C1.I. The lowest BCUT2D eigenvalue weighted by atomic mass is 10.1. The van der Waals surface area contributed by atoms with Crippen LogP contribution >= 0.6 is 24.0 Å². The number of rotatable bonds is 5. The summed E-state index contributed by atoms with van der Waals surface area (Å²) in [5.74, 6) is 2.20. The number of nitrogens with one attached hydrogen (secondary N) is 2. The van der Waals surface area contributed by atoms with E-state index in [9.17, 15) is 4.39 Å². The van der Waals surface area contributed by atoms with Crippen LogP contribution in [0.25, 0.3) is 0 Å². The number of benzene rings is 1. The zero-order valence-electron chi connectivity index (χ0n) is 14.9. The molecule has 1 aliphatic heterocycles. The summed E-state index contributed by atoms with van der Waals surface area (Å²) >= 11 is 0. The lowest BCUT2D eigenvalue weighted by molar-refractivity contribution is 0.177. The quantitative estimate of drug-likeness (QED) is 0.393. The van der Waals surface area contributed by atoms with E-state index in [1.807, 2.05) is 4.68 Å². The Balaban J connectivity index is 0.00000243. The third-order valence-electron chi connectivity index (χ3n) is 4.11. The van der Waals surface area contributed by atoms with Gasteiger partial charge in [-0.05, 0) is 24.1 Å². The van der Waals surface area contributed by atoms with Crippen LogP contribution in [-0.2, 0) is 30.9 Å². The van der Waals surface area contributed by atoms with E-state index in [4.69, 9.17) is 4.74 Å². The highest BCUT2D eigenvalue weighted by molar-refractivity contribution is 14.0. The number of nitrogens with zero attached hydrogens (tertiary/aromatic N) is 4. The molecule has 3 rings (SSSR count). The van der Waals surface area contributed by atoms with Gasteiger partial charge in [0, 0.05) is 33.2 Å². The first-order valence-electron chi connectivity index (χ1n) is 8.31. The monoisotopic (exact) mass is 474 g/mol. The Labute approximate surface area is 169 Å². The molecule has 1 unspecified atom stereocenters. The maximum absolute atomic E-state index is 13.0. The van der Waals surface area contributed by atoms with Crippen molar-refractivity contribution in [1.29, 1.82) is 0 Å². The third kappa shape index (κ3) is 5.37. The summed E-state index contributed by atoms with van der Waals surface area (Å²) in [5.41, 5.74) is 0.996. The van der Waals surface area contributed by atoms with Crippen molar-refractivity contribution in [3.63, 3.8) is 0 Å². The molecule has 142 valence electrons. The van der Waals surface area contributed by atoms with Gasteiger partial charge in [-0.25, -0.2) is 14.1 Å². The molecule has 1 aromatic heterocycles. The summed E-state index contributed by atoms with van der Waals surface area (Å²) in [6.45, 7) is 1.75. The van der Waals surface area contributed by atoms with Crippen molar-refractivity contribution in [3.8, 4) is 0 Å². The van der Waals surface area contributed by atoms with Gasteiger partial charge in [-0.15, -0.1) is 24.0 Å². The highest BCUT2D eigenvalue weighted by Gasteiger charge is 2.22. The second kappa shape index (κ2) is 9.81. The Morgan fingerprint density at radius 3 is 2.85 bits per heavy atom. The molecule has 1 aromatic carbocycles. The average molecular weight is 474 g/mol. The summed E-state index contributed by atoms with van der Waals surface area (Å²) in [4.78, 5) is 8.74. The minimum absolute atomic E-state index is 0. The fourth-order valence-electron chi connectivity index (χ4n) is 2.84. The minimum Gasteiger partial charge on any atom is -0.377 e. The lowest BCUT2D eigenvalue weighted by Gasteiger charge is -2.25. The van der Waals surface area contributed by atoms with Crippen LogP contribution in [-0.4, -0.2) is 40.9 Å². The first-order chi connectivity index (χ1) is 12.2. The van der Waals surface area contributed by atoms with Crippen LogP contribution in [0.1, 0.15) is 23.6 Å². The van der Waals surface area contributed by atoms with Gasteiger partial charge in [0.25, 0.3) is 0 Å². The summed E-state index contributed by atoms with van der Waals surface area (Å²) in [5, 5.41) is 11.1. The lowest BCUT2D eigenvalue weighted by Crippen LogP contribution is -2.46.